The van der Waals surface area contributed by atoms with Gasteiger partial charge < -0.3 is 9.73 Å². The molecule has 0 unspecified atom stereocenters. The van der Waals surface area contributed by atoms with Crippen molar-refractivity contribution >= 4 is 33.4 Å². The van der Waals surface area contributed by atoms with Gasteiger partial charge in [-0.05, 0) is 49.4 Å². The Balaban J connectivity index is 1.47. The van der Waals surface area contributed by atoms with Crippen molar-refractivity contribution in [3.63, 3.8) is 0 Å². The Hall–Kier alpha value is -3.76. The molecule has 0 bridgehead atoms. The first kappa shape index (κ1) is 21.5. The van der Waals surface area contributed by atoms with Gasteiger partial charge in [0, 0.05) is 5.69 Å². The van der Waals surface area contributed by atoms with E-state index in [2.05, 4.69) is 10.0 Å². The van der Waals surface area contributed by atoms with Gasteiger partial charge >= 0.3 is 0 Å². The Morgan fingerprint density at radius 1 is 1.00 bits per heavy atom. The van der Waals surface area contributed by atoms with Gasteiger partial charge in [-0.1, -0.05) is 18.2 Å². The van der Waals surface area contributed by atoms with Crippen LogP contribution in [0.15, 0.2) is 76.2 Å². The summed E-state index contributed by atoms with van der Waals surface area (Å²) in [5, 5.41) is 2.57. The molecular formula is C22H19N3O6S. The zero-order valence-corrected chi connectivity index (χ0v) is 17.8. The lowest BCUT2D eigenvalue weighted by Crippen LogP contribution is -2.45. The van der Waals surface area contributed by atoms with Crippen LogP contribution in [0.1, 0.15) is 33.4 Å². The second-order valence-electron chi connectivity index (χ2n) is 7.12. The summed E-state index contributed by atoms with van der Waals surface area (Å²) >= 11 is 0. The minimum absolute atomic E-state index is 0.0251. The third kappa shape index (κ3) is 4.05. The first-order valence-corrected chi connectivity index (χ1v) is 11.2. The van der Waals surface area contributed by atoms with E-state index in [9.17, 15) is 22.8 Å². The van der Waals surface area contributed by atoms with E-state index >= 15 is 0 Å². The third-order valence-corrected chi connectivity index (χ3v) is 6.42. The van der Waals surface area contributed by atoms with Crippen LogP contribution in [0.25, 0.3) is 0 Å². The monoisotopic (exact) mass is 453 g/mol. The van der Waals surface area contributed by atoms with Crippen molar-refractivity contribution in [2.75, 3.05) is 5.32 Å². The molecule has 0 fully saturated rings. The van der Waals surface area contributed by atoms with Crippen molar-refractivity contribution in [2.45, 2.75) is 24.4 Å². The topological polar surface area (TPSA) is 126 Å². The molecule has 1 aliphatic heterocycles. The highest BCUT2D eigenvalue weighted by Gasteiger charge is 2.40. The molecule has 0 spiro atoms. The van der Waals surface area contributed by atoms with Crippen LogP contribution in [-0.2, 0) is 21.4 Å². The van der Waals surface area contributed by atoms with E-state index in [1.165, 1.54) is 49.6 Å². The minimum Gasteiger partial charge on any atom is -0.468 e. The molecule has 3 amide bonds. The molecule has 164 valence electrons. The number of anilines is 1. The predicted octanol–water partition coefficient (Wildman–Crippen LogP) is 2.38. The Morgan fingerprint density at radius 3 is 2.31 bits per heavy atom. The number of fused-ring (bicyclic) bond motifs is 1. The van der Waals surface area contributed by atoms with Crippen LogP contribution in [0.3, 0.4) is 0 Å². The van der Waals surface area contributed by atoms with Gasteiger partial charge in [0.05, 0.1) is 28.8 Å². The molecular weight excluding hydrogens is 434 g/mol. The smallest absolute Gasteiger partial charge is 0.262 e. The molecule has 3 aromatic rings. The first-order chi connectivity index (χ1) is 15.3. The summed E-state index contributed by atoms with van der Waals surface area (Å²) in [5.41, 5.74) is 0.695. The quantitative estimate of drug-likeness (QED) is 0.529. The van der Waals surface area contributed by atoms with E-state index in [4.69, 9.17) is 4.42 Å². The number of carbonyl (C=O) groups excluding carboxylic acids is 3. The van der Waals surface area contributed by atoms with E-state index in [1.807, 2.05) is 0 Å². The van der Waals surface area contributed by atoms with Gasteiger partial charge in [-0.3, -0.25) is 19.3 Å². The molecule has 32 heavy (non-hydrogen) atoms. The fourth-order valence-corrected chi connectivity index (χ4v) is 4.37. The maximum Gasteiger partial charge on any atom is 0.262 e. The van der Waals surface area contributed by atoms with Crippen molar-refractivity contribution in [3.05, 3.63) is 83.8 Å². The maximum absolute atomic E-state index is 12.7. The molecule has 0 radical (unpaired) electrons. The predicted molar refractivity (Wildman–Crippen MR) is 114 cm³/mol. The molecule has 10 heteroatoms. The summed E-state index contributed by atoms with van der Waals surface area (Å²) < 4.78 is 32.6. The number of amides is 3. The summed E-state index contributed by atoms with van der Waals surface area (Å²) in [6.45, 7) is 1.41. The van der Waals surface area contributed by atoms with Crippen LogP contribution in [0, 0.1) is 0 Å². The van der Waals surface area contributed by atoms with Crippen molar-refractivity contribution in [3.8, 4) is 0 Å². The molecule has 2 aromatic carbocycles. The lowest BCUT2D eigenvalue weighted by atomic mass is 10.1. The van der Waals surface area contributed by atoms with Crippen molar-refractivity contribution in [1.82, 2.24) is 9.62 Å². The SMILES string of the molecule is C[C@H](C(=O)Nc1cccc(S(=O)(=O)NCc2ccco2)c1)N1C(=O)c2ccccc2C1=O. The number of carbonyl (C=O) groups is 3. The standard InChI is InChI=1S/C22H19N3O6S/c1-14(25-21(27)18-9-2-3-10-19(18)22(25)28)20(26)24-15-6-4-8-17(12-15)32(29,30)23-13-16-7-5-11-31-16/h2-12,14,23H,13H2,1H3,(H,24,26)/t14-/m1/s1. The molecule has 0 aliphatic carbocycles. The fraction of sp³-hybridized carbons (Fsp3) is 0.136. The number of benzene rings is 2. The van der Waals surface area contributed by atoms with Crippen LogP contribution < -0.4 is 10.0 Å². The number of furan rings is 1. The van der Waals surface area contributed by atoms with E-state index in [-0.39, 0.29) is 28.3 Å². The van der Waals surface area contributed by atoms with Gasteiger partial charge in [0.25, 0.3) is 11.8 Å². The lowest BCUT2D eigenvalue weighted by Gasteiger charge is -2.21. The fourth-order valence-electron chi connectivity index (χ4n) is 3.33. The van der Waals surface area contributed by atoms with Gasteiger partial charge in [0.15, 0.2) is 0 Å². The number of imide groups is 1. The minimum atomic E-state index is -3.86. The molecule has 4 rings (SSSR count). The van der Waals surface area contributed by atoms with E-state index < -0.39 is 33.8 Å². The van der Waals surface area contributed by atoms with Gasteiger partial charge in [-0.15, -0.1) is 0 Å². The Morgan fingerprint density at radius 2 is 1.69 bits per heavy atom. The highest BCUT2D eigenvalue weighted by molar-refractivity contribution is 7.89. The molecule has 9 nitrogen and oxygen atoms in total. The van der Waals surface area contributed by atoms with Crippen molar-refractivity contribution < 1.29 is 27.2 Å². The lowest BCUT2D eigenvalue weighted by molar-refractivity contribution is -0.119. The maximum atomic E-state index is 12.7. The number of rotatable bonds is 7. The second kappa shape index (κ2) is 8.40. The molecule has 2 heterocycles. The summed E-state index contributed by atoms with van der Waals surface area (Å²) in [7, 11) is -3.86. The average molecular weight is 453 g/mol. The summed E-state index contributed by atoms with van der Waals surface area (Å²) in [6.07, 6.45) is 1.44. The number of sulfonamides is 1. The molecule has 2 N–H and O–H groups in total. The van der Waals surface area contributed by atoms with Gasteiger partial charge in [-0.25, -0.2) is 13.1 Å². The Kier molecular flexibility index (Phi) is 5.64. The number of hydrogen-bond acceptors (Lipinski definition) is 6. The van der Waals surface area contributed by atoms with Crippen molar-refractivity contribution in [2.24, 2.45) is 0 Å². The zero-order chi connectivity index (χ0) is 22.9. The average Bonchev–Trinajstić information content (AvgIpc) is 3.39. The third-order valence-electron chi connectivity index (χ3n) is 5.02. The number of nitrogens with zero attached hydrogens (tertiary/aromatic N) is 1. The van der Waals surface area contributed by atoms with Gasteiger partial charge in [-0.2, -0.15) is 0 Å². The summed E-state index contributed by atoms with van der Waals surface area (Å²) in [4.78, 5) is 38.8. The van der Waals surface area contributed by atoms with Crippen LogP contribution in [0.4, 0.5) is 5.69 Å². The normalized spacial score (nSPS) is 14.3. The zero-order valence-electron chi connectivity index (χ0n) is 16.9. The molecule has 0 saturated heterocycles. The number of hydrogen-bond donors (Lipinski definition) is 2. The largest absolute Gasteiger partial charge is 0.468 e. The Bertz CT molecular complexity index is 1270. The molecule has 1 atom stereocenters. The van der Waals surface area contributed by atoms with Gasteiger partial charge in [0.1, 0.15) is 11.8 Å². The molecule has 1 aromatic heterocycles. The highest BCUT2D eigenvalue weighted by Crippen LogP contribution is 2.25. The Labute approximate surface area is 184 Å². The first-order valence-electron chi connectivity index (χ1n) is 9.68. The van der Waals surface area contributed by atoms with Gasteiger partial charge in [0.2, 0.25) is 15.9 Å². The summed E-state index contributed by atoms with van der Waals surface area (Å²) in [6, 6.07) is 14.2. The van der Waals surface area contributed by atoms with Crippen LogP contribution in [0.2, 0.25) is 0 Å². The second-order valence-corrected chi connectivity index (χ2v) is 8.89. The highest BCUT2D eigenvalue weighted by atomic mass is 32.2. The molecule has 0 saturated carbocycles. The number of nitrogens with one attached hydrogen (secondary N) is 2. The van der Waals surface area contributed by atoms with Crippen LogP contribution >= 0.6 is 0 Å². The van der Waals surface area contributed by atoms with Crippen LogP contribution in [-0.4, -0.2) is 37.1 Å². The van der Waals surface area contributed by atoms with E-state index in [0.717, 1.165) is 4.90 Å². The van der Waals surface area contributed by atoms with E-state index in [1.54, 1.807) is 24.3 Å². The van der Waals surface area contributed by atoms with Crippen LogP contribution in [0.5, 0.6) is 0 Å². The van der Waals surface area contributed by atoms with E-state index in [0.29, 0.717) is 5.76 Å². The molecule has 1 aliphatic rings. The summed E-state index contributed by atoms with van der Waals surface area (Å²) in [5.74, 6) is -1.27. The van der Waals surface area contributed by atoms with Crippen molar-refractivity contribution in [1.29, 1.82) is 0 Å².